The van der Waals surface area contributed by atoms with Crippen LogP contribution in [0.1, 0.15) is 66.2 Å². The van der Waals surface area contributed by atoms with Gasteiger partial charge in [0, 0.05) is 0 Å². The summed E-state index contributed by atoms with van der Waals surface area (Å²) in [5, 5.41) is 0. The van der Waals surface area contributed by atoms with Crippen LogP contribution in [-0.4, -0.2) is 23.4 Å². The second-order valence-electron chi connectivity index (χ2n) is 8.62. The topological polar surface area (TPSA) is 25.1 Å². The maximum atomic E-state index is 5.90. The van der Waals surface area contributed by atoms with E-state index in [1.807, 2.05) is 0 Å². The molecule has 2 saturated heterocycles. The molecule has 108 valence electrons. The molecular weight excluding hydrogens is 236 g/mol. The van der Waals surface area contributed by atoms with Gasteiger partial charge in [0.25, 0.3) is 0 Å². The van der Waals surface area contributed by atoms with E-state index in [1.54, 1.807) is 0 Å². The van der Waals surface area contributed by atoms with Gasteiger partial charge in [-0.2, -0.15) is 0 Å². The van der Waals surface area contributed by atoms with Crippen LogP contribution >= 0.6 is 0 Å². The van der Waals surface area contributed by atoms with Gasteiger partial charge >= 0.3 is 0 Å². The van der Waals surface area contributed by atoms with Crippen molar-refractivity contribution in [3.05, 3.63) is 0 Å². The molecule has 19 heavy (non-hydrogen) atoms. The van der Waals surface area contributed by atoms with Crippen LogP contribution in [0.3, 0.4) is 0 Å². The first kappa shape index (κ1) is 12.6. The summed E-state index contributed by atoms with van der Waals surface area (Å²) in [5.41, 5.74) is 0.911. The minimum Gasteiger partial charge on any atom is -0.366 e. The van der Waals surface area contributed by atoms with Crippen molar-refractivity contribution in [1.82, 2.24) is 0 Å². The van der Waals surface area contributed by atoms with E-state index < -0.39 is 0 Å². The van der Waals surface area contributed by atoms with Crippen LogP contribution in [0.15, 0.2) is 0 Å². The van der Waals surface area contributed by atoms with Crippen molar-refractivity contribution < 1.29 is 9.47 Å². The van der Waals surface area contributed by atoms with Crippen LogP contribution in [0.2, 0.25) is 0 Å². The highest BCUT2D eigenvalue weighted by Crippen LogP contribution is 2.59. The van der Waals surface area contributed by atoms with Crippen LogP contribution in [0.5, 0.6) is 0 Å². The minimum atomic E-state index is 0.234. The van der Waals surface area contributed by atoms with Crippen molar-refractivity contribution in [3.8, 4) is 0 Å². The smallest absolute Gasteiger partial charge is 0.0923 e. The molecule has 0 radical (unpaired) electrons. The quantitative estimate of drug-likeness (QED) is 0.706. The molecule has 2 saturated carbocycles. The highest BCUT2D eigenvalue weighted by atomic mass is 16.6. The number of rotatable bonds is 2. The molecule has 0 N–H and O–H groups in total. The molecule has 0 aromatic carbocycles. The SMILES string of the molecule is CC12CC(C(C)(C)C3CCC4OC4(C)C3)CCC1O2. The van der Waals surface area contributed by atoms with Crippen molar-refractivity contribution in [2.45, 2.75) is 89.6 Å². The fourth-order valence-corrected chi connectivity index (χ4v) is 5.16. The van der Waals surface area contributed by atoms with Crippen LogP contribution in [0, 0.1) is 17.3 Å². The van der Waals surface area contributed by atoms with Gasteiger partial charge in [0.1, 0.15) is 0 Å². The van der Waals surface area contributed by atoms with E-state index in [4.69, 9.17) is 9.47 Å². The summed E-state index contributed by atoms with van der Waals surface area (Å²) in [5.74, 6) is 1.67. The highest BCUT2D eigenvalue weighted by molar-refractivity contribution is 5.10. The van der Waals surface area contributed by atoms with Gasteiger partial charge in [-0.15, -0.1) is 0 Å². The predicted molar refractivity (Wildman–Crippen MR) is 75.0 cm³/mol. The maximum Gasteiger partial charge on any atom is 0.0923 e. The zero-order chi connectivity index (χ0) is 13.5. The Labute approximate surface area is 117 Å². The lowest BCUT2D eigenvalue weighted by molar-refractivity contribution is 0.0477. The van der Waals surface area contributed by atoms with Gasteiger partial charge in [-0.1, -0.05) is 13.8 Å². The van der Waals surface area contributed by atoms with Crippen molar-refractivity contribution in [2.75, 3.05) is 0 Å². The summed E-state index contributed by atoms with van der Waals surface area (Å²) in [4.78, 5) is 0. The zero-order valence-electron chi connectivity index (χ0n) is 12.9. The molecule has 6 atom stereocenters. The van der Waals surface area contributed by atoms with E-state index in [2.05, 4.69) is 27.7 Å². The molecule has 2 heteroatoms. The van der Waals surface area contributed by atoms with Gasteiger partial charge in [0.05, 0.1) is 23.4 Å². The predicted octanol–water partition coefficient (Wildman–Crippen LogP) is 3.93. The van der Waals surface area contributed by atoms with Gasteiger partial charge in [0.2, 0.25) is 0 Å². The lowest BCUT2D eigenvalue weighted by Crippen LogP contribution is -2.41. The molecule has 6 unspecified atom stereocenters. The van der Waals surface area contributed by atoms with E-state index in [0.29, 0.717) is 17.6 Å². The second-order valence-corrected chi connectivity index (χ2v) is 8.62. The molecule has 2 heterocycles. The minimum absolute atomic E-state index is 0.234. The molecule has 0 bridgehead atoms. The normalized spacial score (nSPS) is 56.2. The van der Waals surface area contributed by atoms with Crippen molar-refractivity contribution in [2.24, 2.45) is 17.3 Å². The lowest BCUT2D eigenvalue weighted by Gasteiger charge is -2.45. The lowest BCUT2D eigenvalue weighted by atomic mass is 9.59. The summed E-state index contributed by atoms with van der Waals surface area (Å²) in [6.45, 7) is 9.67. The fraction of sp³-hybridized carbons (Fsp3) is 1.00. The Morgan fingerprint density at radius 3 is 1.58 bits per heavy atom. The van der Waals surface area contributed by atoms with Gasteiger partial charge in [0.15, 0.2) is 0 Å². The number of ether oxygens (including phenoxy) is 2. The third-order valence-corrected chi connectivity index (χ3v) is 7.03. The van der Waals surface area contributed by atoms with Gasteiger partial charge in [-0.3, -0.25) is 0 Å². The van der Waals surface area contributed by atoms with E-state index in [0.717, 1.165) is 11.8 Å². The third-order valence-electron chi connectivity index (χ3n) is 7.03. The highest BCUT2D eigenvalue weighted by Gasteiger charge is 2.61. The second kappa shape index (κ2) is 3.57. The molecule has 4 rings (SSSR count). The van der Waals surface area contributed by atoms with Crippen LogP contribution < -0.4 is 0 Å². The van der Waals surface area contributed by atoms with E-state index in [9.17, 15) is 0 Å². The molecule has 0 aromatic rings. The summed E-state index contributed by atoms with van der Waals surface area (Å²) < 4.78 is 11.8. The Morgan fingerprint density at radius 2 is 1.21 bits per heavy atom. The molecule has 2 nitrogen and oxygen atoms in total. The first-order chi connectivity index (χ1) is 8.83. The summed E-state index contributed by atoms with van der Waals surface area (Å²) in [6, 6.07) is 0. The molecule has 4 fully saturated rings. The monoisotopic (exact) mass is 264 g/mol. The molecular formula is C17H28O2. The molecule has 0 amide bonds. The van der Waals surface area contributed by atoms with Crippen molar-refractivity contribution in [3.63, 3.8) is 0 Å². The third kappa shape index (κ3) is 1.82. The van der Waals surface area contributed by atoms with Gasteiger partial charge in [-0.05, 0) is 69.6 Å². The summed E-state index contributed by atoms with van der Waals surface area (Å²) in [7, 11) is 0. The Balaban J connectivity index is 1.49. The number of fused-ring (bicyclic) bond motifs is 2. The molecule has 0 aromatic heterocycles. The van der Waals surface area contributed by atoms with E-state index >= 15 is 0 Å². The molecule has 0 spiro atoms. The van der Waals surface area contributed by atoms with E-state index in [1.165, 1.54) is 38.5 Å². The van der Waals surface area contributed by atoms with Gasteiger partial charge in [-0.25, -0.2) is 0 Å². The number of epoxide rings is 2. The summed E-state index contributed by atoms with van der Waals surface area (Å²) in [6.07, 6.45) is 9.03. The van der Waals surface area contributed by atoms with Crippen LogP contribution in [0.25, 0.3) is 0 Å². The van der Waals surface area contributed by atoms with Crippen molar-refractivity contribution in [1.29, 1.82) is 0 Å². The summed E-state index contributed by atoms with van der Waals surface area (Å²) >= 11 is 0. The van der Waals surface area contributed by atoms with Gasteiger partial charge < -0.3 is 9.47 Å². The number of hydrogen-bond donors (Lipinski definition) is 0. The van der Waals surface area contributed by atoms with Crippen LogP contribution in [0.4, 0.5) is 0 Å². The first-order valence-corrected chi connectivity index (χ1v) is 8.19. The average Bonchev–Trinajstić information content (AvgIpc) is 3.19. The largest absolute Gasteiger partial charge is 0.366 e. The fourth-order valence-electron chi connectivity index (χ4n) is 5.16. The van der Waals surface area contributed by atoms with Crippen molar-refractivity contribution >= 4 is 0 Å². The zero-order valence-corrected chi connectivity index (χ0v) is 12.9. The molecule has 4 aliphatic rings. The Bertz CT molecular complexity index is 368. The molecule has 2 aliphatic heterocycles. The Kier molecular flexibility index (Phi) is 2.37. The van der Waals surface area contributed by atoms with E-state index in [-0.39, 0.29) is 11.2 Å². The standard InChI is InChI=1S/C17H28O2/c1-15(2,11-5-7-13-16(3,9-11)18-13)12-6-8-14-17(4,10-12)19-14/h11-14H,5-10H2,1-4H3. The van der Waals surface area contributed by atoms with Crippen LogP contribution in [-0.2, 0) is 9.47 Å². The Hall–Kier alpha value is -0.0800. The maximum absolute atomic E-state index is 5.90. The number of hydrogen-bond acceptors (Lipinski definition) is 2. The Morgan fingerprint density at radius 1 is 0.789 bits per heavy atom. The molecule has 2 aliphatic carbocycles. The average molecular weight is 264 g/mol. The first-order valence-electron chi connectivity index (χ1n) is 8.19.